The highest BCUT2D eigenvalue weighted by molar-refractivity contribution is 5.97. The second-order valence-electron chi connectivity index (χ2n) is 7.58. The summed E-state index contributed by atoms with van der Waals surface area (Å²) in [6.07, 6.45) is 4.94. The molecule has 0 bridgehead atoms. The minimum Gasteiger partial charge on any atom is -0.493 e. The normalized spacial score (nSPS) is 15.2. The van der Waals surface area contributed by atoms with E-state index in [0.29, 0.717) is 45.7 Å². The molecule has 166 valence electrons. The SMILES string of the molecule is COc1ccc([C@@H]2C(C(C)=O)=C(C)Oc3ncn4nc(-c5cccnc5)nc4c32)cc1OC. The summed E-state index contributed by atoms with van der Waals surface area (Å²) in [6, 6.07) is 9.28. The molecule has 4 aromatic rings. The van der Waals surface area contributed by atoms with Gasteiger partial charge in [-0.3, -0.25) is 9.78 Å². The molecule has 0 amide bonds. The Morgan fingerprint density at radius 3 is 2.67 bits per heavy atom. The van der Waals surface area contributed by atoms with Gasteiger partial charge in [0, 0.05) is 23.5 Å². The number of benzene rings is 1. The summed E-state index contributed by atoms with van der Waals surface area (Å²) in [5.41, 5.74) is 3.32. The van der Waals surface area contributed by atoms with Crippen LogP contribution in [-0.2, 0) is 4.79 Å². The molecule has 0 N–H and O–H groups in total. The molecule has 5 rings (SSSR count). The van der Waals surface area contributed by atoms with Gasteiger partial charge in [0.15, 0.2) is 28.8 Å². The third-order valence-corrected chi connectivity index (χ3v) is 5.63. The first-order valence-electron chi connectivity index (χ1n) is 10.3. The summed E-state index contributed by atoms with van der Waals surface area (Å²) < 4.78 is 18.5. The predicted octanol–water partition coefficient (Wildman–Crippen LogP) is 3.59. The summed E-state index contributed by atoms with van der Waals surface area (Å²) in [4.78, 5) is 26.2. The summed E-state index contributed by atoms with van der Waals surface area (Å²) in [7, 11) is 3.15. The molecule has 0 fully saturated rings. The topological polar surface area (TPSA) is 101 Å². The van der Waals surface area contributed by atoms with Gasteiger partial charge in [-0.05, 0) is 43.7 Å². The number of pyridine rings is 1. The van der Waals surface area contributed by atoms with Crippen LogP contribution < -0.4 is 14.2 Å². The molecule has 4 heterocycles. The highest BCUT2D eigenvalue weighted by Gasteiger charge is 2.36. The average molecular weight is 443 g/mol. The van der Waals surface area contributed by atoms with Gasteiger partial charge in [-0.1, -0.05) is 6.07 Å². The molecule has 1 atom stereocenters. The number of carbonyl (C=O) groups is 1. The van der Waals surface area contributed by atoms with E-state index in [0.717, 1.165) is 11.1 Å². The fourth-order valence-electron chi connectivity index (χ4n) is 4.18. The molecule has 9 nitrogen and oxygen atoms in total. The summed E-state index contributed by atoms with van der Waals surface area (Å²) >= 11 is 0. The average Bonchev–Trinajstić information content (AvgIpc) is 3.27. The second kappa shape index (κ2) is 8.01. The van der Waals surface area contributed by atoms with E-state index in [4.69, 9.17) is 19.2 Å². The van der Waals surface area contributed by atoms with Crippen LogP contribution in [0.1, 0.15) is 30.9 Å². The number of allylic oxidation sites excluding steroid dienone is 2. The van der Waals surface area contributed by atoms with Crippen LogP contribution in [-0.4, -0.2) is 44.6 Å². The zero-order valence-corrected chi connectivity index (χ0v) is 18.6. The molecule has 0 saturated heterocycles. The van der Waals surface area contributed by atoms with Gasteiger partial charge >= 0.3 is 0 Å². The number of nitrogens with zero attached hydrogens (tertiary/aromatic N) is 5. The molecule has 1 aliphatic heterocycles. The van der Waals surface area contributed by atoms with Crippen molar-refractivity contribution < 1.29 is 19.0 Å². The summed E-state index contributed by atoms with van der Waals surface area (Å²) in [5.74, 6) is 1.95. The first kappa shape index (κ1) is 20.6. The number of hydrogen-bond acceptors (Lipinski definition) is 8. The number of carbonyl (C=O) groups excluding carboxylic acids is 1. The zero-order valence-electron chi connectivity index (χ0n) is 18.6. The highest BCUT2D eigenvalue weighted by Crippen LogP contribution is 2.45. The van der Waals surface area contributed by atoms with E-state index in [2.05, 4.69) is 15.1 Å². The number of methoxy groups -OCH3 is 2. The number of hydrogen-bond donors (Lipinski definition) is 0. The Labute approximate surface area is 189 Å². The molecule has 0 unspecified atom stereocenters. The van der Waals surface area contributed by atoms with Crippen LogP contribution in [0, 0.1) is 0 Å². The second-order valence-corrected chi connectivity index (χ2v) is 7.58. The van der Waals surface area contributed by atoms with E-state index < -0.39 is 5.92 Å². The molecule has 0 saturated carbocycles. The lowest BCUT2D eigenvalue weighted by atomic mass is 9.81. The monoisotopic (exact) mass is 443 g/mol. The Kier molecular flexibility index (Phi) is 5.01. The van der Waals surface area contributed by atoms with Crippen LogP contribution in [0.25, 0.3) is 17.0 Å². The van der Waals surface area contributed by atoms with Gasteiger partial charge in [0.2, 0.25) is 5.88 Å². The van der Waals surface area contributed by atoms with Crippen LogP contribution in [0.5, 0.6) is 17.4 Å². The van der Waals surface area contributed by atoms with Gasteiger partial charge < -0.3 is 14.2 Å². The van der Waals surface area contributed by atoms with Crippen molar-refractivity contribution in [2.75, 3.05) is 14.2 Å². The fraction of sp³-hybridized carbons (Fsp3) is 0.208. The van der Waals surface area contributed by atoms with Crippen molar-refractivity contribution >= 4 is 11.4 Å². The Hall–Kier alpha value is -4.27. The Bertz CT molecular complexity index is 1410. The van der Waals surface area contributed by atoms with Crippen molar-refractivity contribution in [1.82, 2.24) is 24.6 Å². The smallest absolute Gasteiger partial charge is 0.228 e. The Morgan fingerprint density at radius 2 is 1.97 bits per heavy atom. The van der Waals surface area contributed by atoms with E-state index in [1.807, 2.05) is 30.3 Å². The molecule has 0 radical (unpaired) electrons. The molecule has 0 spiro atoms. The van der Waals surface area contributed by atoms with E-state index in [1.54, 1.807) is 44.4 Å². The van der Waals surface area contributed by atoms with Crippen molar-refractivity contribution in [2.45, 2.75) is 19.8 Å². The number of ketones is 1. The van der Waals surface area contributed by atoms with Crippen LogP contribution in [0.2, 0.25) is 0 Å². The first-order valence-corrected chi connectivity index (χ1v) is 10.3. The van der Waals surface area contributed by atoms with Gasteiger partial charge in [-0.2, -0.15) is 0 Å². The molecular weight excluding hydrogens is 422 g/mol. The van der Waals surface area contributed by atoms with Gasteiger partial charge in [-0.15, -0.1) is 5.10 Å². The number of Topliss-reactive ketones (excluding diaryl/α,β-unsaturated/α-hetero) is 1. The molecule has 1 aliphatic rings. The highest BCUT2D eigenvalue weighted by atomic mass is 16.5. The van der Waals surface area contributed by atoms with E-state index >= 15 is 0 Å². The molecule has 1 aromatic carbocycles. The van der Waals surface area contributed by atoms with Crippen LogP contribution in [0.15, 0.2) is 60.4 Å². The standard InChI is InChI=1S/C24H21N5O4/c1-13(30)19-14(2)33-24-21(20(19)15-7-8-17(31-3)18(10-15)32-4)23-27-22(28-29(23)12-26-24)16-6-5-9-25-11-16/h5-12,20H,1-4H3/t20-/m1/s1. The largest absolute Gasteiger partial charge is 0.493 e. The molecular formula is C24H21N5O4. The first-order chi connectivity index (χ1) is 16.0. The quantitative estimate of drug-likeness (QED) is 0.461. The van der Waals surface area contributed by atoms with Crippen molar-refractivity contribution in [1.29, 1.82) is 0 Å². The number of fused-ring (bicyclic) bond motifs is 3. The van der Waals surface area contributed by atoms with Crippen molar-refractivity contribution in [3.05, 3.63) is 71.5 Å². The number of ether oxygens (including phenoxy) is 3. The molecule has 3 aromatic heterocycles. The lowest BCUT2D eigenvalue weighted by Gasteiger charge is -2.28. The Balaban J connectivity index is 1.78. The maximum absolute atomic E-state index is 12.8. The minimum atomic E-state index is -0.479. The third kappa shape index (κ3) is 3.38. The van der Waals surface area contributed by atoms with Gasteiger partial charge in [0.1, 0.15) is 12.1 Å². The van der Waals surface area contributed by atoms with Crippen LogP contribution in [0.3, 0.4) is 0 Å². The summed E-state index contributed by atoms with van der Waals surface area (Å²) in [5, 5.41) is 4.57. The van der Waals surface area contributed by atoms with E-state index in [9.17, 15) is 4.79 Å². The van der Waals surface area contributed by atoms with E-state index in [-0.39, 0.29) is 5.78 Å². The number of aromatic nitrogens is 5. The minimum absolute atomic E-state index is 0.105. The summed E-state index contributed by atoms with van der Waals surface area (Å²) in [6.45, 7) is 3.30. The van der Waals surface area contributed by atoms with Gasteiger partial charge in [0.25, 0.3) is 0 Å². The van der Waals surface area contributed by atoms with Crippen molar-refractivity contribution in [3.63, 3.8) is 0 Å². The van der Waals surface area contributed by atoms with E-state index in [1.165, 1.54) is 6.92 Å². The zero-order chi connectivity index (χ0) is 23.1. The third-order valence-electron chi connectivity index (χ3n) is 5.63. The maximum Gasteiger partial charge on any atom is 0.228 e. The van der Waals surface area contributed by atoms with Gasteiger partial charge in [0.05, 0.1) is 25.7 Å². The van der Waals surface area contributed by atoms with Gasteiger partial charge in [-0.25, -0.2) is 14.5 Å². The lowest BCUT2D eigenvalue weighted by molar-refractivity contribution is -0.114. The van der Waals surface area contributed by atoms with Crippen molar-refractivity contribution in [2.24, 2.45) is 0 Å². The van der Waals surface area contributed by atoms with Crippen molar-refractivity contribution in [3.8, 4) is 28.8 Å². The molecule has 9 heteroatoms. The predicted molar refractivity (Wildman–Crippen MR) is 119 cm³/mol. The number of rotatable bonds is 5. The van der Waals surface area contributed by atoms with Crippen LogP contribution >= 0.6 is 0 Å². The lowest BCUT2D eigenvalue weighted by Crippen LogP contribution is -2.22. The molecule has 33 heavy (non-hydrogen) atoms. The Morgan fingerprint density at radius 1 is 1.15 bits per heavy atom. The fourth-order valence-corrected chi connectivity index (χ4v) is 4.18. The maximum atomic E-state index is 12.8. The van der Waals surface area contributed by atoms with Crippen LogP contribution in [0.4, 0.5) is 0 Å². The molecule has 0 aliphatic carbocycles.